The van der Waals surface area contributed by atoms with Crippen molar-refractivity contribution in [3.05, 3.63) is 65.4 Å². The largest absolute Gasteiger partial charge is 0.449 e. The summed E-state index contributed by atoms with van der Waals surface area (Å²) >= 11 is 0. The number of ketones is 1. The first-order chi connectivity index (χ1) is 14.1. The number of alkyl halides is 3. The molecule has 1 aromatic heterocycles. The average molecular weight is 418 g/mol. The summed E-state index contributed by atoms with van der Waals surface area (Å²) in [5.74, 6) is -1.21. The van der Waals surface area contributed by atoms with Crippen LogP contribution in [0, 0.1) is 0 Å². The second-order valence-corrected chi connectivity index (χ2v) is 6.36. The van der Waals surface area contributed by atoms with Gasteiger partial charge in [-0.25, -0.2) is 9.36 Å². The third-order valence-corrected chi connectivity index (χ3v) is 4.30. The fraction of sp³-hybridized carbons (Fsp3) is 0.190. The van der Waals surface area contributed by atoms with Gasteiger partial charge in [-0.05, 0) is 19.1 Å². The van der Waals surface area contributed by atoms with Crippen molar-refractivity contribution in [3.63, 3.8) is 0 Å². The Kier molecular flexibility index (Phi) is 5.64. The highest BCUT2D eigenvalue weighted by Gasteiger charge is 2.34. The van der Waals surface area contributed by atoms with E-state index in [0.29, 0.717) is 0 Å². The molecule has 0 spiro atoms. The van der Waals surface area contributed by atoms with E-state index in [1.807, 2.05) is 0 Å². The summed E-state index contributed by atoms with van der Waals surface area (Å²) in [6.07, 6.45) is -5.70. The molecular formula is C21H17F3N2O4. The van der Waals surface area contributed by atoms with Gasteiger partial charge in [0, 0.05) is 17.9 Å². The topological polar surface area (TPSA) is 77.4 Å². The van der Waals surface area contributed by atoms with Crippen molar-refractivity contribution in [1.29, 1.82) is 0 Å². The molecule has 0 saturated heterocycles. The highest BCUT2D eigenvalue weighted by molar-refractivity contribution is 6.21. The van der Waals surface area contributed by atoms with E-state index < -0.39 is 29.5 Å². The zero-order valence-corrected chi connectivity index (χ0v) is 16.0. The lowest BCUT2D eigenvalue weighted by Crippen LogP contribution is -2.21. The Hall–Kier alpha value is -3.62. The number of nitrogens with zero attached hydrogens (tertiary/aromatic N) is 1. The smallest absolute Gasteiger partial charge is 0.419 e. The van der Waals surface area contributed by atoms with E-state index in [1.165, 1.54) is 26.0 Å². The van der Waals surface area contributed by atoms with Crippen LogP contribution in [0.25, 0.3) is 10.9 Å². The zero-order chi connectivity index (χ0) is 22.1. The minimum Gasteiger partial charge on any atom is -0.449 e. The monoisotopic (exact) mass is 418 g/mol. The molecule has 3 rings (SSSR count). The number of ether oxygens (including phenoxy) is 1. The van der Waals surface area contributed by atoms with E-state index in [-0.39, 0.29) is 34.5 Å². The number of aromatic nitrogens is 1. The standard InChI is InChI=1S/C21H17F3N2O4/c1-3-30-20(29)26-16-11-14(21(22,23)24)9-10-15(16)17(25-12(2)27)18(26)19(28)13-7-5-4-6-8-13/h4-11H,3H2,1-2H3,(H,25,27). The Balaban J connectivity index is 2.40. The Morgan fingerprint density at radius 1 is 1.07 bits per heavy atom. The molecule has 0 bridgehead atoms. The lowest BCUT2D eigenvalue weighted by Gasteiger charge is -2.11. The van der Waals surface area contributed by atoms with E-state index in [2.05, 4.69) is 5.32 Å². The first-order valence-corrected chi connectivity index (χ1v) is 8.95. The predicted molar refractivity (Wildman–Crippen MR) is 104 cm³/mol. The van der Waals surface area contributed by atoms with Gasteiger partial charge < -0.3 is 10.1 Å². The molecule has 1 N–H and O–H groups in total. The average Bonchev–Trinajstić information content (AvgIpc) is 3.00. The fourth-order valence-electron chi connectivity index (χ4n) is 3.09. The molecule has 1 amide bonds. The van der Waals surface area contributed by atoms with Crippen LogP contribution in [0.2, 0.25) is 0 Å². The number of amides is 1. The van der Waals surface area contributed by atoms with Gasteiger partial charge in [0.25, 0.3) is 0 Å². The predicted octanol–water partition coefficient (Wildman–Crippen LogP) is 4.85. The van der Waals surface area contributed by atoms with Gasteiger partial charge in [-0.1, -0.05) is 36.4 Å². The molecule has 0 radical (unpaired) electrons. The highest BCUT2D eigenvalue weighted by atomic mass is 19.4. The molecule has 6 nitrogen and oxygen atoms in total. The van der Waals surface area contributed by atoms with E-state index >= 15 is 0 Å². The maximum Gasteiger partial charge on any atom is 0.419 e. The Morgan fingerprint density at radius 3 is 2.30 bits per heavy atom. The van der Waals surface area contributed by atoms with Crippen molar-refractivity contribution in [2.24, 2.45) is 0 Å². The molecule has 0 aliphatic carbocycles. The van der Waals surface area contributed by atoms with Gasteiger partial charge in [-0.3, -0.25) is 9.59 Å². The van der Waals surface area contributed by atoms with E-state index in [1.54, 1.807) is 18.2 Å². The molecule has 30 heavy (non-hydrogen) atoms. The first-order valence-electron chi connectivity index (χ1n) is 8.95. The lowest BCUT2D eigenvalue weighted by molar-refractivity contribution is -0.137. The number of hydrogen-bond acceptors (Lipinski definition) is 4. The van der Waals surface area contributed by atoms with Gasteiger partial charge >= 0.3 is 12.3 Å². The first kappa shape index (κ1) is 21.1. The summed E-state index contributed by atoms with van der Waals surface area (Å²) in [5, 5.41) is 2.58. The van der Waals surface area contributed by atoms with Crippen LogP contribution in [0.15, 0.2) is 48.5 Å². The molecule has 2 aromatic carbocycles. The van der Waals surface area contributed by atoms with Crippen LogP contribution in [-0.4, -0.2) is 29.0 Å². The van der Waals surface area contributed by atoms with Crippen molar-refractivity contribution < 1.29 is 32.3 Å². The third-order valence-electron chi connectivity index (χ3n) is 4.30. The summed E-state index contributed by atoms with van der Waals surface area (Å²) in [4.78, 5) is 37.7. The molecule has 156 valence electrons. The number of carbonyl (C=O) groups is 3. The Bertz CT molecular complexity index is 1130. The van der Waals surface area contributed by atoms with E-state index in [0.717, 1.165) is 22.8 Å². The molecule has 0 aliphatic heterocycles. The van der Waals surface area contributed by atoms with Gasteiger partial charge in [-0.15, -0.1) is 0 Å². The van der Waals surface area contributed by atoms with Gasteiger partial charge in [0.05, 0.1) is 23.4 Å². The van der Waals surface area contributed by atoms with Gasteiger partial charge in [0.1, 0.15) is 5.69 Å². The van der Waals surface area contributed by atoms with Gasteiger partial charge in [0.2, 0.25) is 11.7 Å². The molecular weight excluding hydrogens is 401 g/mol. The number of hydrogen-bond donors (Lipinski definition) is 1. The Labute approximate surface area is 169 Å². The van der Waals surface area contributed by atoms with Crippen molar-refractivity contribution in [1.82, 2.24) is 4.57 Å². The SMILES string of the molecule is CCOC(=O)n1c(C(=O)c2ccccc2)c(NC(C)=O)c2ccc(C(F)(F)F)cc21. The number of benzene rings is 2. The van der Waals surface area contributed by atoms with Crippen LogP contribution in [0.4, 0.5) is 23.7 Å². The van der Waals surface area contributed by atoms with E-state index in [4.69, 9.17) is 4.74 Å². The number of fused-ring (bicyclic) bond motifs is 1. The second-order valence-electron chi connectivity index (χ2n) is 6.36. The molecule has 0 unspecified atom stereocenters. The normalized spacial score (nSPS) is 11.4. The van der Waals surface area contributed by atoms with Gasteiger partial charge in [0.15, 0.2) is 0 Å². The summed E-state index contributed by atoms with van der Waals surface area (Å²) in [5.41, 5.74) is -1.37. The molecule has 0 atom stereocenters. The number of anilines is 1. The Morgan fingerprint density at radius 2 is 1.73 bits per heavy atom. The van der Waals surface area contributed by atoms with Crippen molar-refractivity contribution in [2.45, 2.75) is 20.0 Å². The molecule has 3 aromatic rings. The van der Waals surface area contributed by atoms with Crippen LogP contribution in [-0.2, 0) is 15.7 Å². The molecule has 1 heterocycles. The minimum atomic E-state index is -4.67. The molecule has 0 fully saturated rings. The summed E-state index contributed by atoms with van der Waals surface area (Å²) < 4.78 is 45.6. The molecule has 0 saturated carbocycles. The summed E-state index contributed by atoms with van der Waals surface area (Å²) in [6, 6.07) is 10.6. The van der Waals surface area contributed by atoms with Gasteiger partial charge in [-0.2, -0.15) is 13.2 Å². The quantitative estimate of drug-likeness (QED) is 0.615. The number of nitrogens with one attached hydrogen (secondary N) is 1. The van der Waals surface area contributed by atoms with Crippen molar-refractivity contribution >= 4 is 34.4 Å². The lowest BCUT2D eigenvalue weighted by atomic mass is 10.1. The fourth-order valence-corrected chi connectivity index (χ4v) is 3.09. The highest BCUT2D eigenvalue weighted by Crippen LogP contribution is 2.37. The number of carbonyl (C=O) groups excluding carboxylic acids is 3. The molecule has 9 heteroatoms. The molecule has 0 aliphatic rings. The third kappa shape index (κ3) is 3.91. The second kappa shape index (κ2) is 8.02. The zero-order valence-electron chi connectivity index (χ0n) is 16.0. The summed E-state index contributed by atoms with van der Waals surface area (Å²) in [6.45, 7) is 2.65. The minimum absolute atomic E-state index is 0.0619. The summed E-state index contributed by atoms with van der Waals surface area (Å²) in [7, 11) is 0. The van der Waals surface area contributed by atoms with Crippen LogP contribution >= 0.6 is 0 Å². The van der Waals surface area contributed by atoms with Crippen LogP contribution < -0.4 is 5.32 Å². The maximum atomic E-state index is 13.3. The number of rotatable bonds is 4. The van der Waals surface area contributed by atoms with Crippen molar-refractivity contribution in [3.8, 4) is 0 Å². The van der Waals surface area contributed by atoms with E-state index in [9.17, 15) is 27.6 Å². The number of halogens is 3. The van der Waals surface area contributed by atoms with Crippen molar-refractivity contribution in [2.75, 3.05) is 11.9 Å². The van der Waals surface area contributed by atoms with Crippen LogP contribution in [0.5, 0.6) is 0 Å². The van der Waals surface area contributed by atoms with Crippen LogP contribution in [0.1, 0.15) is 35.5 Å². The maximum absolute atomic E-state index is 13.3. The van der Waals surface area contributed by atoms with Crippen LogP contribution in [0.3, 0.4) is 0 Å².